The average molecular weight is 300 g/mol. The van der Waals surface area contributed by atoms with Gasteiger partial charge in [-0.05, 0) is 40.4 Å². The third-order valence-corrected chi connectivity index (χ3v) is 4.81. The molecule has 0 radical (unpaired) electrons. The molecule has 2 saturated heterocycles. The first-order valence-corrected chi connectivity index (χ1v) is 7.51. The van der Waals surface area contributed by atoms with Crippen molar-refractivity contribution in [3.8, 4) is 0 Å². The molecule has 0 N–H and O–H groups in total. The van der Waals surface area contributed by atoms with Crippen molar-refractivity contribution in [3.05, 3.63) is 10.4 Å². The van der Waals surface area contributed by atoms with Crippen LogP contribution in [0.4, 0.5) is 0 Å². The summed E-state index contributed by atoms with van der Waals surface area (Å²) >= 11 is 1.05. The van der Waals surface area contributed by atoms with Gasteiger partial charge in [0.15, 0.2) is 0 Å². The molecule has 4 nitrogen and oxygen atoms in total. The standard InChI is InChI=1S/C14H22BNO3S/c1-13(2)14(3,4)19-15(18-13)11-9-20-12(16-11)10-5-7-17-8-6-10/h9-10H,5-8H2,1-4H3/i5D2,6D2,10D. The van der Waals surface area contributed by atoms with Crippen LogP contribution in [-0.2, 0) is 14.0 Å². The second-order valence-electron chi connectivity index (χ2n) is 5.89. The van der Waals surface area contributed by atoms with Gasteiger partial charge in [-0.3, -0.25) is 0 Å². The minimum Gasteiger partial charge on any atom is -0.398 e. The Morgan fingerprint density at radius 1 is 1.30 bits per heavy atom. The number of aromatic nitrogens is 1. The molecule has 110 valence electrons. The molecule has 3 rings (SSSR count). The molecule has 6 heteroatoms. The highest BCUT2D eigenvalue weighted by Gasteiger charge is 2.52. The Morgan fingerprint density at radius 2 is 1.90 bits per heavy atom. The van der Waals surface area contributed by atoms with E-state index < -0.39 is 37.0 Å². The number of hydrogen-bond acceptors (Lipinski definition) is 5. The molecule has 0 bridgehead atoms. The first kappa shape index (κ1) is 9.56. The van der Waals surface area contributed by atoms with Crippen LogP contribution in [0.15, 0.2) is 5.38 Å². The van der Waals surface area contributed by atoms with E-state index in [-0.39, 0.29) is 18.2 Å². The lowest BCUT2D eigenvalue weighted by molar-refractivity contribution is 0.00578. The van der Waals surface area contributed by atoms with Gasteiger partial charge in [0.1, 0.15) is 0 Å². The van der Waals surface area contributed by atoms with E-state index in [2.05, 4.69) is 4.98 Å². The van der Waals surface area contributed by atoms with Crippen molar-refractivity contribution in [2.45, 2.75) is 57.5 Å². The molecule has 0 aromatic carbocycles. The van der Waals surface area contributed by atoms with E-state index in [9.17, 15) is 0 Å². The predicted molar refractivity (Wildman–Crippen MR) is 80.6 cm³/mol. The fourth-order valence-corrected chi connectivity index (χ4v) is 2.80. The quantitative estimate of drug-likeness (QED) is 0.786. The molecule has 0 atom stereocenters. The third kappa shape index (κ3) is 2.54. The summed E-state index contributed by atoms with van der Waals surface area (Å²) < 4.78 is 58.1. The van der Waals surface area contributed by atoms with Crippen LogP contribution in [0.5, 0.6) is 0 Å². The topological polar surface area (TPSA) is 40.6 Å². The van der Waals surface area contributed by atoms with E-state index in [0.29, 0.717) is 5.59 Å². The Bertz CT molecular complexity index is 649. The lowest BCUT2D eigenvalue weighted by Gasteiger charge is -2.32. The van der Waals surface area contributed by atoms with E-state index >= 15 is 0 Å². The van der Waals surface area contributed by atoms with Crippen molar-refractivity contribution < 1.29 is 20.9 Å². The van der Waals surface area contributed by atoms with E-state index in [1.807, 2.05) is 27.7 Å². The van der Waals surface area contributed by atoms with E-state index in [1.54, 1.807) is 5.38 Å². The van der Waals surface area contributed by atoms with E-state index in [4.69, 9.17) is 20.9 Å². The summed E-state index contributed by atoms with van der Waals surface area (Å²) in [4.78, 5) is 4.36. The van der Waals surface area contributed by atoms with Gasteiger partial charge >= 0.3 is 7.12 Å². The molecule has 2 aliphatic rings. The van der Waals surface area contributed by atoms with Gasteiger partial charge in [0.05, 0.1) is 21.8 Å². The van der Waals surface area contributed by atoms with Crippen LogP contribution < -0.4 is 5.59 Å². The second kappa shape index (κ2) is 5.09. The van der Waals surface area contributed by atoms with Crippen molar-refractivity contribution in [1.29, 1.82) is 0 Å². The summed E-state index contributed by atoms with van der Waals surface area (Å²) in [7, 11) is -0.727. The van der Waals surface area contributed by atoms with Gasteiger partial charge in [-0.1, -0.05) is 0 Å². The first-order chi connectivity index (χ1) is 11.2. The molecule has 1 aromatic heterocycles. The van der Waals surface area contributed by atoms with Crippen molar-refractivity contribution in [2.75, 3.05) is 13.2 Å². The van der Waals surface area contributed by atoms with Gasteiger partial charge in [0.25, 0.3) is 0 Å². The lowest BCUT2D eigenvalue weighted by Crippen LogP contribution is -2.41. The zero-order valence-electron chi connectivity index (χ0n) is 17.1. The summed E-state index contributed by atoms with van der Waals surface area (Å²) in [6, 6.07) is 0. The van der Waals surface area contributed by atoms with Crippen molar-refractivity contribution >= 4 is 24.0 Å². The smallest absolute Gasteiger partial charge is 0.398 e. The Kier molecular flexibility index (Phi) is 2.43. The molecule has 2 fully saturated rings. The second-order valence-corrected chi connectivity index (χ2v) is 6.75. The molecule has 0 spiro atoms. The van der Waals surface area contributed by atoms with Crippen LogP contribution in [0.1, 0.15) is 58.2 Å². The van der Waals surface area contributed by atoms with Gasteiger partial charge in [-0.2, -0.15) is 0 Å². The van der Waals surface area contributed by atoms with Gasteiger partial charge in [-0.15, -0.1) is 11.3 Å². The molecule has 20 heavy (non-hydrogen) atoms. The highest BCUT2D eigenvalue weighted by molar-refractivity contribution is 7.10. The number of rotatable bonds is 2. The monoisotopic (exact) mass is 300 g/mol. The van der Waals surface area contributed by atoms with Gasteiger partial charge < -0.3 is 14.0 Å². The molecule has 3 heterocycles. The SMILES string of the molecule is [2H]C1([2H])COCC([2H])([2H])C1([2H])c1nc(B2OC(C)(C)C(C)(C)O2)cs1. The molecular formula is C14H22BNO3S. The molecule has 0 amide bonds. The third-order valence-electron chi connectivity index (χ3n) is 3.93. The van der Waals surface area contributed by atoms with Crippen LogP contribution in [0.25, 0.3) is 0 Å². The summed E-state index contributed by atoms with van der Waals surface area (Å²) in [5.74, 6) is -2.16. The lowest BCUT2D eigenvalue weighted by atomic mass is 9.86. The Hall–Kier alpha value is -0.425. The van der Waals surface area contributed by atoms with Gasteiger partial charge in [0.2, 0.25) is 0 Å². The molecule has 2 aliphatic heterocycles. The highest BCUT2D eigenvalue weighted by Crippen LogP contribution is 2.37. The summed E-state index contributed by atoms with van der Waals surface area (Å²) in [5.41, 5.74) is -0.646. The zero-order valence-corrected chi connectivity index (χ0v) is 13.0. The van der Waals surface area contributed by atoms with Gasteiger partial charge in [0, 0.05) is 31.3 Å². The van der Waals surface area contributed by atoms with Crippen molar-refractivity contribution in [1.82, 2.24) is 4.98 Å². The molecule has 0 aliphatic carbocycles. The molecular weight excluding hydrogens is 273 g/mol. The Balaban J connectivity index is 1.96. The van der Waals surface area contributed by atoms with Crippen molar-refractivity contribution in [2.24, 2.45) is 0 Å². The Labute approximate surface area is 132 Å². The maximum atomic E-state index is 8.64. The van der Waals surface area contributed by atoms with Gasteiger partial charge in [-0.25, -0.2) is 4.98 Å². The fourth-order valence-electron chi connectivity index (χ4n) is 1.98. The number of hydrogen-bond donors (Lipinski definition) is 0. The molecule has 0 saturated carbocycles. The fraction of sp³-hybridized carbons (Fsp3) is 0.786. The zero-order chi connectivity index (χ0) is 18.9. The first-order valence-electron chi connectivity index (χ1n) is 9.13. The van der Waals surface area contributed by atoms with Crippen LogP contribution in [-0.4, -0.2) is 36.5 Å². The predicted octanol–water partition coefficient (Wildman–Crippen LogP) is 2.34. The normalized spacial score (nSPS) is 36.4. The number of nitrogens with zero attached hydrogens (tertiary/aromatic N) is 1. The van der Waals surface area contributed by atoms with Crippen LogP contribution in [0.3, 0.4) is 0 Å². The number of ether oxygens (including phenoxy) is 1. The molecule has 0 unspecified atom stereocenters. The van der Waals surface area contributed by atoms with Crippen LogP contribution in [0.2, 0.25) is 0 Å². The minimum atomic E-state index is -2.21. The summed E-state index contributed by atoms with van der Waals surface area (Å²) in [6.07, 6.45) is -4.42. The van der Waals surface area contributed by atoms with Crippen molar-refractivity contribution in [3.63, 3.8) is 0 Å². The Morgan fingerprint density at radius 3 is 2.50 bits per heavy atom. The minimum absolute atomic E-state index is 0.0653. The summed E-state index contributed by atoms with van der Waals surface area (Å²) in [6.45, 7) is 6.98. The largest absolute Gasteiger partial charge is 0.515 e. The van der Waals surface area contributed by atoms with Crippen LogP contribution in [0, 0.1) is 0 Å². The maximum absolute atomic E-state index is 8.64. The van der Waals surface area contributed by atoms with E-state index in [1.165, 1.54) is 0 Å². The maximum Gasteiger partial charge on any atom is 0.515 e. The van der Waals surface area contributed by atoms with E-state index in [0.717, 1.165) is 11.3 Å². The van der Waals surface area contributed by atoms with Crippen LogP contribution >= 0.6 is 11.3 Å². The summed E-state index contributed by atoms with van der Waals surface area (Å²) in [5, 5.41) is 1.71. The highest BCUT2D eigenvalue weighted by atomic mass is 32.1. The average Bonchev–Trinajstić information content (AvgIpc) is 2.99. The number of thiazole rings is 1. The molecule has 1 aromatic rings.